The Hall–Kier alpha value is -2.48. The number of rotatable bonds is 8. The summed E-state index contributed by atoms with van der Waals surface area (Å²) in [6.07, 6.45) is 0.949. The second-order valence-electron chi connectivity index (χ2n) is 6.35. The third-order valence-corrected chi connectivity index (χ3v) is 4.47. The van der Waals surface area contributed by atoms with Crippen LogP contribution in [-0.2, 0) is 11.2 Å². The summed E-state index contributed by atoms with van der Waals surface area (Å²) in [4.78, 5) is 11.4. The first-order chi connectivity index (χ1) is 13.1. The highest BCUT2D eigenvalue weighted by molar-refractivity contribution is 5.97. The number of hydrogen-bond acceptors (Lipinski definition) is 6. The Morgan fingerprint density at radius 1 is 1.29 bits per heavy atom. The summed E-state index contributed by atoms with van der Waals surface area (Å²) in [5.74, 6) is 0.781. The lowest BCUT2D eigenvalue weighted by molar-refractivity contribution is -0.118. The zero-order valence-corrected chi connectivity index (χ0v) is 16.4. The molecule has 0 saturated carbocycles. The standard InChI is InChI=1S/C20H24N2O5.ClH/c1-26-17-7-3-2-5-13(17)6-4-10-21-11-16(24)14-8-9-15(23)19-20(14)27-12-18(25)22-19;/h2-3,5,7-9,16,21,23-24H,4,6,10-12H2,1H3,(H,22,25);1H. The molecule has 28 heavy (non-hydrogen) atoms. The minimum Gasteiger partial charge on any atom is -0.506 e. The molecule has 0 bridgehead atoms. The van der Waals surface area contributed by atoms with Crippen molar-refractivity contribution in [1.82, 2.24) is 5.32 Å². The molecule has 7 nitrogen and oxygen atoms in total. The number of hydrogen-bond donors (Lipinski definition) is 4. The molecule has 4 N–H and O–H groups in total. The first-order valence-electron chi connectivity index (χ1n) is 8.89. The summed E-state index contributed by atoms with van der Waals surface area (Å²) >= 11 is 0. The van der Waals surface area contributed by atoms with Crippen LogP contribution in [0.25, 0.3) is 0 Å². The number of anilines is 1. The lowest BCUT2D eigenvalue weighted by Gasteiger charge is -2.24. The fraction of sp³-hybridized carbons (Fsp3) is 0.350. The van der Waals surface area contributed by atoms with Gasteiger partial charge in [-0.05, 0) is 43.1 Å². The van der Waals surface area contributed by atoms with Crippen LogP contribution in [0.5, 0.6) is 17.2 Å². The van der Waals surface area contributed by atoms with Crippen LogP contribution in [0.4, 0.5) is 5.69 Å². The second-order valence-corrected chi connectivity index (χ2v) is 6.35. The van der Waals surface area contributed by atoms with E-state index >= 15 is 0 Å². The Morgan fingerprint density at radius 2 is 2.07 bits per heavy atom. The van der Waals surface area contributed by atoms with E-state index in [4.69, 9.17) is 9.47 Å². The zero-order valence-electron chi connectivity index (χ0n) is 15.6. The number of nitrogens with one attached hydrogen (secondary N) is 2. The van der Waals surface area contributed by atoms with Gasteiger partial charge in [0.2, 0.25) is 0 Å². The summed E-state index contributed by atoms with van der Waals surface area (Å²) < 4.78 is 10.7. The molecule has 1 aliphatic heterocycles. The highest BCUT2D eigenvalue weighted by atomic mass is 35.5. The largest absolute Gasteiger partial charge is 0.506 e. The number of aliphatic hydroxyl groups is 1. The molecule has 1 heterocycles. The average molecular weight is 409 g/mol. The number of phenols is 1. The smallest absolute Gasteiger partial charge is 0.262 e. The van der Waals surface area contributed by atoms with E-state index in [-0.39, 0.29) is 36.4 Å². The van der Waals surface area contributed by atoms with Gasteiger partial charge in [0.25, 0.3) is 5.91 Å². The number of methoxy groups -OCH3 is 1. The molecule has 1 aliphatic rings. The third-order valence-electron chi connectivity index (χ3n) is 4.47. The number of aryl methyl sites for hydroxylation is 1. The van der Waals surface area contributed by atoms with E-state index in [1.54, 1.807) is 13.2 Å². The van der Waals surface area contributed by atoms with Crippen LogP contribution in [-0.4, -0.2) is 42.9 Å². The summed E-state index contributed by atoms with van der Waals surface area (Å²) in [6.45, 7) is 0.927. The molecule has 3 rings (SSSR count). The fourth-order valence-electron chi connectivity index (χ4n) is 3.10. The summed E-state index contributed by atoms with van der Waals surface area (Å²) in [5.41, 5.74) is 1.89. The molecule has 0 aromatic heterocycles. The average Bonchev–Trinajstić information content (AvgIpc) is 2.68. The fourth-order valence-corrected chi connectivity index (χ4v) is 3.10. The Bertz CT molecular complexity index is 815. The minimum atomic E-state index is -0.819. The number of carbonyl (C=O) groups is 1. The molecule has 0 spiro atoms. The van der Waals surface area contributed by atoms with Crippen LogP contribution in [0.3, 0.4) is 0 Å². The van der Waals surface area contributed by atoms with E-state index in [2.05, 4.69) is 10.6 Å². The van der Waals surface area contributed by atoms with Crippen LogP contribution in [0, 0.1) is 0 Å². The predicted octanol–water partition coefficient (Wildman–Crippen LogP) is 2.41. The molecule has 8 heteroatoms. The minimum absolute atomic E-state index is 0. The van der Waals surface area contributed by atoms with Gasteiger partial charge in [0.1, 0.15) is 17.2 Å². The first-order valence-corrected chi connectivity index (χ1v) is 8.89. The van der Waals surface area contributed by atoms with Crippen molar-refractivity contribution in [3.05, 3.63) is 47.5 Å². The van der Waals surface area contributed by atoms with Crippen molar-refractivity contribution in [3.63, 3.8) is 0 Å². The summed E-state index contributed by atoms with van der Waals surface area (Å²) in [6, 6.07) is 11.0. The SMILES string of the molecule is COc1ccccc1CCCNCC(O)c1ccc(O)c2c1OCC(=O)N2.Cl. The van der Waals surface area contributed by atoms with Gasteiger partial charge in [-0.2, -0.15) is 0 Å². The Morgan fingerprint density at radius 3 is 2.86 bits per heavy atom. The molecule has 0 radical (unpaired) electrons. The van der Waals surface area contributed by atoms with Gasteiger partial charge in [-0.1, -0.05) is 18.2 Å². The molecule has 0 aliphatic carbocycles. The van der Waals surface area contributed by atoms with Gasteiger partial charge in [0.05, 0.1) is 13.2 Å². The number of phenolic OH excluding ortho intramolecular Hbond substituents is 1. The maximum atomic E-state index is 11.4. The molecule has 0 saturated heterocycles. The monoisotopic (exact) mass is 408 g/mol. The first kappa shape index (κ1) is 21.8. The van der Waals surface area contributed by atoms with E-state index < -0.39 is 6.10 Å². The highest BCUT2D eigenvalue weighted by Crippen LogP contribution is 2.41. The van der Waals surface area contributed by atoms with Crippen molar-refractivity contribution >= 4 is 24.0 Å². The van der Waals surface area contributed by atoms with Crippen molar-refractivity contribution in [3.8, 4) is 17.2 Å². The zero-order chi connectivity index (χ0) is 19.2. The van der Waals surface area contributed by atoms with Crippen LogP contribution in [0.15, 0.2) is 36.4 Å². The van der Waals surface area contributed by atoms with Gasteiger partial charge in [-0.25, -0.2) is 0 Å². The Labute approximate surface area is 170 Å². The van der Waals surface area contributed by atoms with Gasteiger partial charge in [0, 0.05) is 12.1 Å². The number of para-hydroxylation sites is 1. The van der Waals surface area contributed by atoms with Crippen LogP contribution in [0.1, 0.15) is 23.7 Å². The number of ether oxygens (including phenoxy) is 2. The van der Waals surface area contributed by atoms with E-state index in [0.29, 0.717) is 17.9 Å². The molecule has 0 fully saturated rings. The molecule has 2 aromatic carbocycles. The molecular weight excluding hydrogens is 384 g/mol. The number of carbonyl (C=O) groups excluding carboxylic acids is 1. The summed E-state index contributed by atoms with van der Waals surface area (Å²) in [5, 5.41) is 26.1. The second kappa shape index (κ2) is 10.2. The van der Waals surface area contributed by atoms with Crippen molar-refractivity contribution < 1.29 is 24.5 Å². The molecule has 1 unspecified atom stereocenters. The van der Waals surface area contributed by atoms with Crippen LogP contribution in [0.2, 0.25) is 0 Å². The maximum absolute atomic E-state index is 11.4. The number of amides is 1. The lowest BCUT2D eigenvalue weighted by Crippen LogP contribution is -2.28. The van der Waals surface area contributed by atoms with Crippen molar-refractivity contribution in [2.45, 2.75) is 18.9 Å². The molecule has 1 atom stereocenters. The molecular formula is C20H25ClN2O5. The third kappa shape index (κ3) is 5.07. The van der Waals surface area contributed by atoms with E-state index in [1.807, 2.05) is 24.3 Å². The Kier molecular flexibility index (Phi) is 7.92. The van der Waals surface area contributed by atoms with E-state index in [1.165, 1.54) is 6.07 Å². The normalized spacial score (nSPS) is 13.6. The highest BCUT2D eigenvalue weighted by Gasteiger charge is 2.25. The van der Waals surface area contributed by atoms with Gasteiger partial charge < -0.3 is 30.3 Å². The van der Waals surface area contributed by atoms with Gasteiger partial charge in [0.15, 0.2) is 12.4 Å². The van der Waals surface area contributed by atoms with Gasteiger partial charge in [-0.3, -0.25) is 4.79 Å². The van der Waals surface area contributed by atoms with Gasteiger partial charge >= 0.3 is 0 Å². The molecule has 1 amide bonds. The number of benzene rings is 2. The van der Waals surface area contributed by atoms with E-state index in [9.17, 15) is 15.0 Å². The van der Waals surface area contributed by atoms with Crippen LogP contribution >= 0.6 is 12.4 Å². The van der Waals surface area contributed by atoms with Crippen LogP contribution < -0.4 is 20.1 Å². The maximum Gasteiger partial charge on any atom is 0.262 e. The van der Waals surface area contributed by atoms with Crippen molar-refractivity contribution in [2.75, 3.05) is 32.1 Å². The quantitative estimate of drug-likeness (QED) is 0.395. The number of aliphatic hydroxyl groups excluding tert-OH is 1. The molecule has 152 valence electrons. The topological polar surface area (TPSA) is 100 Å². The number of halogens is 1. The number of aromatic hydroxyl groups is 1. The summed E-state index contributed by atoms with van der Waals surface area (Å²) in [7, 11) is 1.66. The van der Waals surface area contributed by atoms with Crippen molar-refractivity contribution in [1.29, 1.82) is 0 Å². The lowest BCUT2D eigenvalue weighted by atomic mass is 10.0. The predicted molar refractivity (Wildman–Crippen MR) is 109 cm³/mol. The van der Waals surface area contributed by atoms with E-state index in [0.717, 1.165) is 30.7 Å². The number of fused-ring (bicyclic) bond motifs is 1. The molecule has 2 aromatic rings. The van der Waals surface area contributed by atoms with Gasteiger partial charge in [-0.15, -0.1) is 12.4 Å². The van der Waals surface area contributed by atoms with Crippen molar-refractivity contribution in [2.24, 2.45) is 0 Å². The Balaban J connectivity index is 0.00000280.